The molecule has 2 nitrogen and oxygen atoms in total. The fourth-order valence-corrected chi connectivity index (χ4v) is 4.78. The van der Waals surface area contributed by atoms with Gasteiger partial charge in [0.1, 0.15) is 0 Å². The van der Waals surface area contributed by atoms with Crippen LogP contribution in [0.1, 0.15) is 33.1 Å². The van der Waals surface area contributed by atoms with E-state index < -0.39 is 0 Å². The first-order valence-electron chi connectivity index (χ1n) is 6.24. The summed E-state index contributed by atoms with van der Waals surface area (Å²) in [4.78, 5) is 16.9. The van der Waals surface area contributed by atoms with E-state index in [-0.39, 0.29) is 5.78 Å². The summed E-state index contributed by atoms with van der Waals surface area (Å²) in [5.41, 5.74) is 1.40. The van der Waals surface area contributed by atoms with Crippen LogP contribution in [0.2, 0.25) is 0 Å². The largest absolute Gasteiger partial charge is 0.292 e. The number of ketones is 1. The molecule has 3 rings (SSSR count). The maximum absolute atomic E-state index is 12.3. The quantitative estimate of drug-likeness (QED) is 0.761. The van der Waals surface area contributed by atoms with Crippen LogP contribution in [-0.4, -0.2) is 23.8 Å². The zero-order valence-corrected chi connectivity index (χ0v) is 13.8. The number of carbonyl (C=O) groups is 1. The SMILES string of the molecule is CC1c2ccsc2CCN1CC(=O)c1ccc(Br)s1. The molecule has 100 valence electrons. The first-order chi connectivity index (χ1) is 9.15. The van der Waals surface area contributed by atoms with Gasteiger partial charge in [0.15, 0.2) is 5.78 Å². The van der Waals surface area contributed by atoms with E-state index in [9.17, 15) is 4.79 Å². The second-order valence-electron chi connectivity index (χ2n) is 4.72. The van der Waals surface area contributed by atoms with E-state index in [2.05, 4.69) is 39.2 Å². The van der Waals surface area contributed by atoms with Crippen molar-refractivity contribution in [3.05, 3.63) is 42.7 Å². The van der Waals surface area contributed by atoms with Gasteiger partial charge in [-0.1, -0.05) is 0 Å². The highest BCUT2D eigenvalue weighted by atomic mass is 79.9. The van der Waals surface area contributed by atoms with Crippen molar-refractivity contribution in [1.82, 2.24) is 4.90 Å². The number of hydrogen-bond donors (Lipinski definition) is 0. The van der Waals surface area contributed by atoms with Gasteiger partial charge in [-0.25, -0.2) is 0 Å². The predicted molar refractivity (Wildman–Crippen MR) is 84.4 cm³/mol. The Bertz CT molecular complexity index is 604. The molecule has 1 unspecified atom stereocenters. The Labute approximate surface area is 129 Å². The molecule has 0 saturated carbocycles. The number of halogens is 1. The third-order valence-corrected chi connectivity index (χ3v) is 6.26. The van der Waals surface area contributed by atoms with Crippen molar-refractivity contribution >= 4 is 44.4 Å². The van der Waals surface area contributed by atoms with E-state index in [0.717, 1.165) is 21.6 Å². The van der Waals surface area contributed by atoms with E-state index in [4.69, 9.17) is 0 Å². The van der Waals surface area contributed by atoms with Crippen LogP contribution in [0.15, 0.2) is 27.4 Å². The molecule has 2 aromatic heterocycles. The molecule has 3 heterocycles. The third kappa shape index (κ3) is 2.70. The molecule has 19 heavy (non-hydrogen) atoms. The number of Topliss-reactive ketones (excluding diaryl/α,β-unsaturated/α-hetero) is 1. The Morgan fingerprint density at radius 2 is 2.32 bits per heavy atom. The van der Waals surface area contributed by atoms with Gasteiger partial charge in [0, 0.05) is 17.5 Å². The molecule has 0 spiro atoms. The van der Waals surface area contributed by atoms with Gasteiger partial charge in [-0.2, -0.15) is 0 Å². The van der Waals surface area contributed by atoms with Crippen molar-refractivity contribution in [3.63, 3.8) is 0 Å². The van der Waals surface area contributed by atoms with Crippen LogP contribution in [-0.2, 0) is 6.42 Å². The monoisotopic (exact) mass is 355 g/mol. The summed E-state index contributed by atoms with van der Waals surface area (Å²) in [5, 5.41) is 2.16. The molecule has 1 aliphatic heterocycles. The predicted octanol–water partition coefficient (Wildman–Crippen LogP) is 4.37. The highest BCUT2D eigenvalue weighted by Gasteiger charge is 2.26. The van der Waals surface area contributed by atoms with Crippen molar-refractivity contribution in [3.8, 4) is 0 Å². The number of rotatable bonds is 3. The Morgan fingerprint density at radius 1 is 1.47 bits per heavy atom. The standard InChI is InChI=1S/C14H14BrNOS2/c1-9-10-5-7-18-12(10)4-6-16(9)8-11(17)13-2-3-14(15)19-13/h2-3,5,7,9H,4,6,8H2,1H3. The lowest BCUT2D eigenvalue weighted by molar-refractivity contribution is 0.0895. The molecule has 0 aliphatic carbocycles. The van der Waals surface area contributed by atoms with Crippen molar-refractivity contribution in [1.29, 1.82) is 0 Å². The van der Waals surface area contributed by atoms with Gasteiger partial charge in [-0.3, -0.25) is 9.69 Å². The third-order valence-electron chi connectivity index (χ3n) is 3.60. The summed E-state index contributed by atoms with van der Waals surface area (Å²) in [6, 6.07) is 6.39. The normalized spacial score (nSPS) is 19.4. The zero-order chi connectivity index (χ0) is 13.4. The van der Waals surface area contributed by atoms with Crippen molar-refractivity contribution < 1.29 is 4.79 Å². The van der Waals surface area contributed by atoms with Crippen LogP contribution < -0.4 is 0 Å². The van der Waals surface area contributed by atoms with Crippen molar-refractivity contribution in [2.24, 2.45) is 0 Å². The minimum atomic E-state index is 0.223. The highest BCUT2D eigenvalue weighted by molar-refractivity contribution is 9.11. The second kappa shape index (κ2) is 5.48. The van der Waals surface area contributed by atoms with Crippen LogP contribution in [0.4, 0.5) is 0 Å². The topological polar surface area (TPSA) is 20.3 Å². The fourth-order valence-electron chi connectivity index (χ4n) is 2.50. The molecular weight excluding hydrogens is 342 g/mol. The molecule has 1 aliphatic rings. The summed E-state index contributed by atoms with van der Waals surface area (Å²) in [7, 11) is 0. The smallest absolute Gasteiger partial charge is 0.186 e. The fraction of sp³-hybridized carbons (Fsp3) is 0.357. The first-order valence-corrected chi connectivity index (χ1v) is 8.73. The molecular formula is C14H14BrNOS2. The molecule has 0 aromatic carbocycles. The maximum Gasteiger partial charge on any atom is 0.186 e. The molecule has 0 fully saturated rings. The lowest BCUT2D eigenvalue weighted by Gasteiger charge is -2.32. The number of nitrogens with zero attached hydrogens (tertiary/aromatic N) is 1. The van der Waals surface area contributed by atoms with Gasteiger partial charge in [0.05, 0.1) is 15.2 Å². The van der Waals surface area contributed by atoms with Gasteiger partial charge < -0.3 is 0 Å². The Morgan fingerprint density at radius 3 is 3.05 bits per heavy atom. The van der Waals surface area contributed by atoms with Crippen LogP contribution >= 0.6 is 38.6 Å². The Balaban J connectivity index is 1.73. The summed E-state index contributed by atoms with van der Waals surface area (Å²) in [5.74, 6) is 0.223. The molecule has 2 aromatic rings. The average Bonchev–Trinajstić information content (AvgIpc) is 3.01. The van der Waals surface area contributed by atoms with Crippen LogP contribution in [0.5, 0.6) is 0 Å². The van der Waals surface area contributed by atoms with Gasteiger partial charge in [-0.05, 0) is 58.4 Å². The molecule has 5 heteroatoms. The molecule has 0 radical (unpaired) electrons. The van der Waals surface area contributed by atoms with Gasteiger partial charge >= 0.3 is 0 Å². The van der Waals surface area contributed by atoms with E-state index in [1.807, 2.05) is 23.5 Å². The molecule has 0 amide bonds. The minimum absolute atomic E-state index is 0.223. The lowest BCUT2D eigenvalue weighted by Crippen LogP contribution is -2.36. The Kier molecular flexibility index (Phi) is 3.89. The number of fused-ring (bicyclic) bond motifs is 1. The first kappa shape index (κ1) is 13.5. The zero-order valence-electron chi connectivity index (χ0n) is 10.6. The van der Waals surface area contributed by atoms with E-state index in [1.54, 1.807) is 0 Å². The number of thiophene rings is 2. The molecule has 0 bridgehead atoms. The number of carbonyl (C=O) groups excluding carboxylic acids is 1. The second-order valence-corrected chi connectivity index (χ2v) is 8.19. The summed E-state index contributed by atoms with van der Waals surface area (Å²) in [6.45, 7) is 3.69. The van der Waals surface area contributed by atoms with Crippen LogP contribution in [0.25, 0.3) is 0 Å². The van der Waals surface area contributed by atoms with E-state index >= 15 is 0 Å². The summed E-state index contributed by atoms with van der Waals surface area (Å²) in [6.07, 6.45) is 1.07. The minimum Gasteiger partial charge on any atom is -0.292 e. The number of hydrogen-bond acceptors (Lipinski definition) is 4. The Hall–Kier alpha value is -0.490. The summed E-state index contributed by atoms with van der Waals surface area (Å²) >= 11 is 6.76. The van der Waals surface area contributed by atoms with Gasteiger partial charge in [0.2, 0.25) is 0 Å². The lowest BCUT2D eigenvalue weighted by atomic mass is 10.0. The summed E-state index contributed by atoms with van der Waals surface area (Å²) < 4.78 is 1.02. The van der Waals surface area contributed by atoms with Crippen LogP contribution in [0.3, 0.4) is 0 Å². The van der Waals surface area contributed by atoms with E-state index in [1.165, 1.54) is 21.8 Å². The van der Waals surface area contributed by atoms with Crippen molar-refractivity contribution in [2.45, 2.75) is 19.4 Å². The molecule has 1 atom stereocenters. The highest BCUT2D eigenvalue weighted by Crippen LogP contribution is 2.33. The van der Waals surface area contributed by atoms with Crippen LogP contribution in [0, 0.1) is 0 Å². The van der Waals surface area contributed by atoms with E-state index in [0.29, 0.717) is 12.6 Å². The van der Waals surface area contributed by atoms with Gasteiger partial charge in [-0.15, -0.1) is 22.7 Å². The average molecular weight is 356 g/mol. The maximum atomic E-state index is 12.3. The molecule has 0 saturated heterocycles. The molecule has 0 N–H and O–H groups in total. The van der Waals surface area contributed by atoms with Crippen molar-refractivity contribution in [2.75, 3.05) is 13.1 Å². The van der Waals surface area contributed by atoms with Gasteiger partial charge in [0.25, 0.3) is 0 Å².